The third kappa shape index (κ3) is 5.67. The van der Waals surface area contributed by atoms with Crippen LogP contribution in [0.2, 0.25) is 0 Å². The lowest BCUT2D eigenvalue weighted by atomic mass is 9.84. The second-order valence-corrected chi connectivity index (χ2v) is 12.1. The SMILES string of the molecule is Cc1cccc(C)c1-c1cc2nc(n1)NS(=O)(=O)c1cccc(c1)C(=O)N[C@H](CC1CCCCC1)[C@@H](C)O2. The summed E-state index contributed by atoms with van der Waals surface area (Å²) in [5.74, 6) is 0.332. The predicted octanol–water partition coefficient (Wildman–Crippen LogP) is 5.41. The zero-order valence-corrected chi connectivity index (χ0v) is 22.8. The van der Waals surface area contributed by atoms with Gasteiger partial charge in [0.15, 0.2) is 0 Å². The van der Waals surface area contributed by atoms with E-state index in [0.29, 0.717) is 11.6 Å². The van der Waals surface area contributed by atoms with Crippen LogP contribution in [0.1, 0.15) is 66.9 Å². The van der Waals surface area contributed by atoms with E-state index >= 15 is 0 Å². The fraction of sp³-hybridized carbons (Fsp3) is 0.414. The van der Waals surface area contributed by atoms with E-state index < -0.39 is 16.1 Å². The number of aryl methyl sites for hydroxylation is 2. The van der Waals surface area contributed by atoms with Crippen molar-refractivity contribution in [1.29, 1.82) is 0 Å². The van der Waals surface area contributed by atoms with E-state index in [4.69, 9.17) is 4.74 Å². The van der Waals surface area contributed by atoms with Gasteiger partial charge in [0.2, 0.25) is 11.8 Å². The number of benzene rings is 2. The van der Waals surface area contributed by atoms with Crippen LogP contribution < -0.4 is 14.8 Å². The van der Waals surface area contributed by atoms with E-state index in [2.05, 4.69) is 20.0 Å². The van der Waals surface area contributed by atoms with Gasteiger partial charge in [-0.15, -0.1) is 0 Å². The van der Waals surface area contributed by atoms with Gasteiger partial charge in [-0.1, -0.05) is 56.4 Å². The molecular weight excluding hydrogens is 500 g/mol. The lowest BCUT2D eigenvalue weighted by Gasteiger charge is -2.31. The van der Waals surface area contributed by atoms with Crippen LogP contribution in [0.5, 0.6) is 5.88 Å². The Balaban J connectivity index is 1.61. The Morgan fingerprint density at radius 1 is 0.974 bits per heavy atom. The predicted molar refractivity (Wildman–Crippen MR) is 147 cm³/mol. The molecule has 0 radical (unpaired) electrons. The van der Waals surface area contributed by atoms with Gasteiger partial charge in [0.1, 0.15) is 6.10 Å². The number of rotatable bonds is 3. The third-order valence-corrected chi connectivity index (χ3v) is 8.90. The summed E-state index contributed by atoms with van der Waals surface area (Å²) in [7, 11) is -4.06. The van der Waals surface area contributed by atoms with E-state index in [9.17, 15) is 13.2 Å². The highest BCUT2D eigenvalue weighted by Gasteiger charge is 2.29. The number of carbonyl (C=O) groups excluding carboxylic acids is 1. The van der Waals surface area contributed by atoms with Crippen LogP contribution >= 0.6 is 0 Å². The quantitative estimate of drug-likeness (QED) is 0.465. The minimum Gasteiger partial charge on any atom is -0.472 e. The molecule has 0 unspecified atom stereocenters. The minimum atomic E-state index is -4.06. The molecule has 2 heterocycles. The van der Waals surface area contributed by atoms with Crippen molar-refractivity contribution in [2.45, 2.75) is 76.3 Å². The molecule has 1 fully saturated rings. The van der Waals surface area contributed by atoms with Crippen LogP contribution in [0.15, 0.2) is 53.4 Å². The first-order chi connectivity index (χ1) is 18.2. The molecule has 5 rings (SSSR count). The minimum absolute atomic E-state index is 0.0372. The van der Waals surface area contributed by atoms with Crippen LogP contribution in [0.25, 0.3) is 11.3 Å². The maximum absolute atomic E-state index is 13.3. The zero-order chi connectivity index (χ0) is 26.9. The number of aromatic nitrogens is 2. The molecule has 2 atom stereocenters. The number of ether oxygens (including phenoxy) is 1. The Morgan fingerprint density at radius 3 is 2.42 bits per heavy atom. The van der Waals surface area contributed by atoms with Crippen molar-refractivity contribution >= 4 is 21.9 Å². The molecule has 8 nitrogen and oxygen atoms in total. The zero-order valence-electron chi connectivity index (χ0n) is 22.0. The topological polar surface area (TPSA) is 110 Å². The van der Waals surface area contributed by atoms with Crippen LogP contribution in [0, 0.1) is 19.8 Å². The molecule has 1 amide bonds. The number of anilines is 1. The smallest absolute Gasteiger partial charge is 0.264 e. The fourth-order valence-corrected chi connectivity index (χ4v) is 6.52. The number of nitrogens with zero attached hydrogens (tertiary/aromatic N) is 2. The van der Waals surface area contributed by atoms with E-state index in [1.807, 2.05) is 39.0 Å². The van der Waals surface area contributed by atoms with Crippen LogP contribution in [0.3, 0.4) is 0 Å². The van der Waals surface area contributed by atoms with Crippen molar-refractivity contribution in [1.82, 2.24) is 15.3 Å². The molecule has 4 bridgehead atoms. The largest absolute Gasteiger partial charge is 0.472 e. The first kappa shape index (κ1) is 26.2. The molecule has 2 N–H and O–H groups in total. The molecule has 1 aromatic heterocycles. The van der Waals surface area contributed by atoms with Gasteiger partial charge >= 0.3 is 0 Å². The number of nitrogens with one attached hydrogen (secondary N) is 2. The van der Waals surface area contributed by atoms with Crippen molar-refractivity contribution in [2.24, 2.45) is 5.92 Å². The molecule has 9 heteroatoms. The molecular formula is C29H34N4O4S. The van der Waals surface area contributed by atoms with Gasteiger partial charge in [-0.3, -0.25) is 4.79 Å². The van der Waals surface area contributed by atoms with Gasteiger partial charge in [-0.25, -0.2) is 18.1 Å². The molecule has 1 saturated carbocycles. The van der Waals surface area contributed by atoms with E-state index in [1.54, 1.807) is 18.2 Å². The van der Waals surface area contributed by atoms with Gasteiger partial charge < -0.3 is 10.1 Å². The molecule has 3 aromatic rings. The molecule has 1 aliphatic carbocycles. The van der Waals surface area contributed by atoms with Gasteiger partial charge in [-0.05, 0) is 62.4 Å². The van der Waals surface area contributed by atoms with Crippen LogP contribution in [-0.4, -0.2) is 36.4 Å². The van der Waals surface area contributed by atoms with Crippen LogP contribution in [-0.2, 0) is 10.0 Å². The number of sulfonamides is 1. The Bertz CT molecular complexity index is 1430. The normalized spacial score (nSPS) is 21.6. The second kappa shape index (κ2) is 10.7. The summed E-state index contributed by atoms with van der Waals surface area (Å²) in [6.45, 7) is 5.90. The number of amides is 1. The molecule has 38 heavy (non-hydrogen) atoms. The summed E-state index contributed by atoms with van der Waals surface area (Å²) >= 11 is 0. The number of hydrogen-bond donors (Lipinski definition) is 2. The van der Waals surface area contributed by atoms with Crippen molar-refractivity contribution in [2.75, 3.05) is 4.72 Å². The second-order valence-electron chi connectivity index (χ2n) is 10.5. The van der Waals surface area contributed by atoms with E-state index in [1.165, 1.54) is 31.4 Å². The highest BCUT2D eigenvalue weighted by molar-refractivity contribution is 7.92. The lowest BCUT2D eigenvalue weighted by molar-refractivity contribution is 0.0848. The molecule has 2 aliphatic rings. The fourth-order valence-electron chi connectivity index (χ4n) is 5.54. The Kier molecular flexibility index (Phi) is 7.38. The van der Waals surface area contributed by atoms with Crippen LogP contribution in [0.4, 0.5) is 5.95 Å². The monoisotopic (exact) mass is 534 g/mol. The Morgan fingerprint density at radius 2 is 1.68 bits per heavy atom. The standard InChI is InChI=1S/C29H34N4O4S/c1-18-9-7-10-19(2)27(18)25-17-26-32-29(31-25)33-38(35,36)23-14-8-13-22(16-23)28(34)30-24(20(3)37-26)15-21-11-5-4-6-12-21/h7-10,13-14,16-17,20-21,24H,4-6,11-12,15H2,1-3H3,(H,30,34)(H,31,32,33)/t20-,24-/m1/s1. The van der Waals surface area contributed by atoms with Crippen molar-refractivity contribution in [3.8, 4) is 17.1 Å². The lowest BCUT2D eigenvalue weighted by Crippen LogP contribution is -2.46. The molecule has 200 valence electrons. The first-order valence-electron chi connectivity index (χ1n) is 13.3. The molecule has 0 saturated heterocycles. The average molecular weight is 535 g/mol. The Labute approximate surface area is 224 Å². The molecule has 2 aromatic carbocycles. The third-order valence-electron chi connectivity index (χ3n) is 7.57. The Hall–Kier alpha value is -3.46. The van der Waals surface area contributed by atoms with Gasteiger partial charge in [0.05, 0.1) is 16.6 Å². The number of hydrogen-bond acceptors (Lipinski definition) is 6. The summed E-state index contributed by atoms with van der Waals surface area (Å²) < 4.78 is 35.4. The van der Waals surface area contributed by atoms with E-state index in [0.717, 1.165) is 36.0 Å². The van der Waals surface area contributed by atoms with E-state index in [-0.39, 0.29) is 34.2 Å². The summed E-state index contributed by atoms with van der Waals surface area (Å²) in [4.78, 5) is 22.2. The maximum Gasteiger partial charge on any atom is 0.264 e. The van der Waals surface area contributed by atoms with Gasteiger partial charge in [0, 0.05) is 17.2 Å². The summed E-state index contributed by atoms with van der Waals surface area (Å²) in [5, 5.41) is 3.14. The maximum atomic E-state index is 13.3. The first-order valence-corrected chi connectivity index (χ1v) is 14.7. The van der Waals surface area contributed by atoms with Crippen molar-refractivity contribution in [3.05, 3.63) is 65.2 Å². The highest BCUT2D eigenvalue weighted by Crippen LogP contribution is 2.32. The highest BCUT2D eigenvalue weighted by atomic mass is 32.2. The van der Waals surface area contributed by atoms with Crippen molar-refractivity contribution in [3.63, 3.8) is 0 Å². The summed E-state index contributed by atoms with van der Waals surface area (Å²) in [5.41, 5.74) is 3.74. The summed E-state index contributed by atoms with van der Waals surface area (Å²) in [6, 6.07) is 13.4. The summed E-state index contributed by atoms with van der Waals surface area (Å²) in [6.07, 6.45) is 6.27. The number of carbonyl (C=O) groups is 1. The number of fused-ring (bicyclic) bond motifs is 4. The molecule has 1 aliphatic heterocycles. The van der Waals surface area contributed by atoms with Gasteiger partial charge in [0.25, 0.3) is 15.9 Å². The molecule has 0 spiro atoms. The van der Waals surface area contributed by atoms with Crippen molar-refractivity contribution < 1.29 is 17.9 Å². The average Bonchev–Trinajstić information content (AvgIpc) is 2.88. The van der Waals surface area contributed by atoms with Gasteiger partial charge in [-0.2, -0.15) is 4.98 Å².